The van der Waals surface area contributed by atoms with E-state index in [0.717, 1.165) is 0 Å². The minimum atomic E-state index is -0.957. The van der Waals surface area contributed by atoms with Gasteiger partial charge in [-0.2, -0.15) is 0 Å². The van der Waals surface area contributed by atoms with Crippen molar-refractivity contribution in [2.24, 2.45) is 0 Å². The highest BCUT2D eigenvalue weighted by molar-refractivity contribution is 7.80. The van der Waals surface area contributed by atoms with Crippen LogP contribution >= 0.6 is 7.92 Å². The van der Waals surface area contributed by atoms with E-state index in [0.29, 0.717) is 41.4 Å². The van der Waals surface area contributed by atoms with E-state index in [1.165, 1.54) is 61.2 Å². The van der Waals surface area contributed by atoms with Crippen LogP contribution in [0.25, 0.3) is 11.1 Å². The SMILES string of the molecule is CC(C)c1cc(C(C)C)c(P(c2c(C(C)C)cc(C3=C=CC=C3)cc2C(C)C)c2c(C(C)C)cc(C3=C=CC=C3)cc2C(C)C)c(C(C)C)c1. The monoisotopic (exact) mass is 680 g/mol. The summed E-state index contributed by atoms with van der Waals surface area (Å²) in [5.74, 6) is 2.74. The summed E-state index contributed by atoms with van der Waals surface area (Å²) >= 11 is 0. The number of hydrogen-bond donors (Lipinski definition) is 0. The van der Waals surface area contributed by atoms with Crippen LogP contribution in [0, 0.1) is 0 Å². The van der Waals surface area contributed by atoms with Crippen LogP contribution in [0.1, 0.15) is 188 Å². The number of rotatable bonds is 12. The van der Waals surface area contributed by atoms with Crippen LogP contribution in [0.5, 0.6) is 0 Å². The minimum absolute atomic E-state index is 0.366. The zero-order valence-electron chi connectivity index (χ0n) is 33.4. The molecule has 0 atom stereocenters. The van der Waals surface area contributed by atoms with Crippen molar-refractivity contribution in [1.29, 1.82) is 0 Å². The lowest BCUT2D eigenvalue weighted by Crippen LogP contribution is -2.35. The molecule has 0 aromatic heterocycles. The molecular formula is C49H61P. The molecule has 2 aliphatic carbocycles. The highest BCUT2D eigenvalue weighted by Gasteiger charge is 2.35. The fraction of sp³-hybridized carbons (Fsp3) is 0.429. The quantitative estimate of drug-likeness (QED) is 0.132. The normalized spacial score (nSPS) is 14.1. The summed E-state index contributed by atoms with van der Waals surface area (Å²) in [6.45, 7) is 33.6. The molecule has 0 saturated carbocycles. The number of benzene rings is 3. The van der Waals surface area contributed by atoms with Crippen LogP contribution in [-0.4, -0.2) is 0 Å². The van der Waals surface area contributed by atoms with Crippen molar-refractivity contribution in [1.82, 2.24) is 0 Å². The molecule has 0 nitrogen and oxygen atoms in total. The Morgan fingerprint density at radius 3 is 0.880 bits per heavy atom. The van der Waals surface area contributed by atoms with Gasteiger partial charge in [0.05, 0.1) is 0 Å². The highest BCUT2D eigenvalue weighted by atomic mass is 31.1. The van der Waals surface area contributed by atoms with Gasteiger partial charge in [-0.05, 0) is 164 Å². The number of allylic oxidation sites excluding steroid dienone is 6. The second-order valence-corrected chi connectivity index (χ2v) is 18.7. The maximum Gasteiger partial charge on any atom is 0.0237 e. The van der Waals surface area contributed by atoms with Crippen molar-refractivity contribution in [2.45, 2.75) is 138 Å². The molecule has 50 heavy (non-hydrogen) atoms. The van der Waals surface area contributed by atoms with Gasteiger partial charge in [0.15, 0.2) is 0 Å². The van der Waals surface area contributed by atoms with Gasteiger partial charge in [-0.15, -0.1) is 11.5 Å². The average molecular weight is 681 g/mol. The van der Waals surface area contributed by atoms with Gasteiger partial charge in [0.2, 0.25) is 0 Å². The van der Waals surface area contributed by atoms with Crippen LogP contribution in [0.2, 0.25) is 0 Å². The molecule has 0 N–H and O–H groups in total. The average Bonchev–Trinajstić information content (AvgIpc) is 3.79. The van der Waals surface area contributed by atoms with Gasteiger partial charge in [0.1, 0.15) is 0 Å². The lowest BCUT2D eigenvalue weighted by molar-refractivity contribution is 0.813. The van der Waals surface area contributed by atoms with Gasteiger partial charge in [-0.3, -0.25) is 0 Å². The van der Waals surface area contributed by atoms with E-state index in [1.807, 2.05) is 0 Å². The van der Waals surface area contributed by atoms with Crippen LogP contribution < -0.4 is 15.9 Å². The molecule has 0 heterocycles. The first-order valence-corrected chi connectivity index (χ1v) is 20.6. The van der Waals surface area contributed by atoms with E-state index >= 15 is 0 Å². The van der Waals surface area contributed by atoms with Gasteiger partial charge in [-0.1, -0.05) is 121 Å². The van der Waals surface area contributed by atoms with Gasteiger partial charge in [-0.25, -0.2) is 0 Å². The van der Waals surface area contributed by atoms with Crippen molar-refractivity contribution >= 4 is 35.0 Å². The Bertz CT molecular complexity index is 1760. The fourth-order valence-electron chi connectivity index (χ4n) is 7.48. The molecule has 5 rings (SSSR count). The summed E-state index contributed by atoms with van der Waals surface area (Å²) in [4.78, 5) is 0. The van der Waals surface area contributed by atoms with Crippen LogP contribution in [0.15, 0.2) is 84.3 Å². The minimum Gasteiger partial charge on any atom is -0.112 e. The first-order chi connectivity index (χ1) is 23.6. The first-order valence-electron chi connectivity index (χ1n) is 19.2. The Morgan fingerprint density at radius 1 is 0.380 bits per heavy atom. The predicted molar refractivity (Wildman–Crippen MR) is 225 cm³/mol. The molecule has 0 aliphatic heterocycles. The standard InChI is InChI=1S/C49H61P/c1-29(2)38-23-41(30(3)4)47(42(24-38)31(5)6)50(48-43(32(7)8)25-39(26-44(48)33(9)10)36-19-15-16-20-36)49-45(34(11)12)27-40(28-46(49)35(13)14)37-21-17-18-22-37/h15-19,21,23-35H,1-14H3. The molecule has 0 bridgehead atoms. The van der Waals surface area contributed by atoms with E-state index < -0.39 is 7.92 Å². The molecule has 3 aromatic carbocycles. The zero-order valence-corrected chi connectivity index (χ0v) is 34.3. The maximum absolute atomic E-state index is 3.53. The second-order valence-electron chi connectivity index (χ2n) is 16.6. The Labute approximate surface area is 306 Å². The summed E-state index contributed by atoms with van der Waals surface area (Å²) in [5.41, 5.74) is 22.5. The van der Waals surface area contributed by atoms with Crippen LogP contribution in [0.4, 0.5) is 0 Å². The van der Waals surface area contributed by atoms with Crippen molar-refractivity contribution in [3.63, 3.8) is 0 Å². The maximum atomic E-state index is 3.53. The summed E-state index contributed by atoms with van der Waals surface area (Å²) in [5, 5.41) is 4.76. The molecule has 262 valence electrons. The topological polar surface area (TPSA) is 0 Å². The first kappa shape index (κ1) is 37.9. The van der Waals surface area contributed by atoms with Gasteiger partial charge in [0.25, 0.3) is 0 Å². The second kappa shape index (κ2) is 15.5. The highest BCUT2D eigenvalue weighted by Crippen LogP contribution is 2.48. The van der Waals surface area contributed by atoms with Crippen molar-refractivity contribution in [3.8, 4) is 0 Å². The predicted octanol–water partition coefficient (Wildman–Crippen LogP) is 13.5. The van der Waals surface area contributed by atoms with E-state index in [9.17, 15) is 0 Å². The Morgan fingerprint density at radius 2 is 0.660 bits per heavy atom. The van der Waals surface area contributed by atoms with Crippen LogP contribution in [0.3, 0.4) is 0 Å². The third-order valence-corrected chi connectivity index (χ3v) is 13.3. The molecular weight excluding hydrogens is 620 g/mol. The van der Waals surface area contributed by atoms with E-state index in [2.05, 4.69) is 181 Å². The molecule has 0 fully saturated rings. The molecule has 1 heteroatoms. The lowest BCUT2D eigenvalue weighted by atomic mass is 9.89. The molecule has 0 amide bonds. The Kier molecular flexibility index (Phi) is 11.7. The lowest BCUT2D eigenvalue weighted by Gasteiger charge is -2.37. The molecule has 0 radical (unpaired) electrons. The van der Waals surface area contributed by atoms with Crippen molar-refractivity contribution in [2.75, 3.05) is 0 Å². The van der Waals surface area contributed by atoms with E-state index in [4.69, 9.17) is 0 Å². The van der Waals surface area contributed by atoms with E-state index in [1.54, 1.807) is 15.9 Å². The third kappa shape index (κ3) is 7.46. The summed E-state index contributed by atoms with van der Waals surface area (Å²) in [6.07, 6.45) is 12.8. The molecule has 0 saturated heterocycles. The largest absolute Gasteiger partial charge is 0.112 e. The Balaban J connectivity index is 2.07. The zero-order chi connectivity index (χ0) is 36.6. The van der Waals surface area contributed by atoms with Crippen LogP contribution in [-0.2, 0) is 0 Å². The third-order valence-electron chi connectivity index (χ3n) is 10.4. The summed E-state index contributed by atoms with van der Waals surface area (Å²) < 4.78 is 0. The van der Waals surface area contributed by atoms with Gasteiger partial charge >= 0.3 is 0 Å². The molecule has 0 unspecified atom stereocenters. The Hall–Kier alpha value is -3.39. The number of hydrogen-bond acceptors (Lipinski definition) is 0. The van der Waals surface area contributed by atoms with Gasteiger partial charge in [0, 0.05) is 11.1 Å². The summed E-state index contributed by atoms with van der Waals surface area (Å²) in [6, 6.07) is 15.3. The molecule has 0 spiro atoms. The van der Waals surface area contributed by atoms with Crippen molar-refractivity contribution in [3.05, 3.63) is 134 Å². The van der Waals surface area contributed by atoms with Crippen molar-refractivity contribution < 1.29 is 0 Å². The summed E-state index contributed by atoms with van der Waals surface area (Å²) in [7, 11) is -0.957. The molecule has 3 aromatic rings. The smallest absolute Gasteiger partial charge is 0.0237 e. The van der Waals surface area contributed by atoms with Gasteiger partial charge < -0.3 is 0 Å². The molecule has 2 aliphatic rings. The fourth-order valence-corrected chi connectivity index (χ4v) is 11.6. The van der Waals surface area contributed by atoms with E-state index in [-0.39, 0.29) is 0 Å².